The molecule has 0 amide bonds. The van der Waals surface area contributed by atoms with E-state index in [2.05, 4.69) is 13.0 Å². The number of halogens is 2. The van der Waals surface area contributed by atoms with Gasteiger partial charge >= 0.3 is 0 Å². The molecule has 0 saturated carbocycles. The summed E-state index contributed by atoms with van der Waals surface area (Å²) in [5, 5.41) is 20.0. The molecule has 0 fully saturated rings. The second kappa shape index (κ2) is 6.76. The van der Waals surface area contributed by atoms with Crippen LogP contribution in [0, 0.1) is 0 Å². The zero-order valence-corrected chi connectivity index (χ0v) is 14.6. The van der Waals surface area contributed by atoms with E-state index in [4.69, 9.17) is 23.2 Å². The zero-order valence-electron chi connectivity index (χ0n) is 13.1. The number of hydrogen-bond donors (Lipinski definition) is 2. The highest BCUT2D eigenvalue weighted by Gasteiger charge is 2.14. The summed E-state index contributed by atoms with van der Waals surface area (Å²) in [6.45, 7) is 2.09. The second-order valence-electron chi connectivity index (χ2n) is 5.53. The Morgan fingerprint density at radius 1 is 0.792 bits per heavy atom. The average molecular weight is 359 g/mol. The molecule has 0 radical (unpaired) electrons. The third-order valence-corrected chi connectivity index (χ3v) is 4.63. The first-order valence-electron chi connectivity index (χ1n) is 7.61. The molecule has 0 aliphatic carbocycles. The Morgan fingerprint density at radius 3 is 1.96 bits per heavy atom. The molecule has 3 aromatic rings. The van der Waals surface area contributed by atoms with Gasteiger partial charge in [-0.25, -0.2) is 0 Å². The van der Waals surface area contributed by atoms with Crippen LogP contribution in [0.2, 0.25) is 10.0 Å². The third-order valence-electron chi connectivity index (χ3n) is 4.03. The minimum absolute atomic E-state index is 0.0568. The van der Waals surface area contributed by atoms with Crippen molar-refractivity contribution in [3.63, 3.8) is 0 Å². The van der Waals surface area contributed by atoms with E-state index in [0.29, 0.717) is 10.0 Å². The SMILES string of the molecule is CCc1cccc(-c2ccc(O)c(Cl)c2)c1-c1ccc(O)c(Cl)c1. The summed E-state index contributed by atoms with van der Waals surface area (Å²) in [7, 11) is 0. The molecule has 0 spiro atoms. The van der Waals surface area contributed by atoms with E-state index in [-0.39, 0.29) is 11.5 Å². The maximum Gasteiger partial charge on any atom is 0.134 e. The van der Waals surface area contributed by atoms with Gasteiger partial charge in [0.1, 0.15) is 11.5 Å². The number of aryl methyl sites for hydroxylation is 1. The number of phenolic OH excluding ortho intramolecular Hbond substituents is 2. The summed E-state index contributed by atoms with van der Waals surface area (Å²) in [6.07, 6.45) is 0.855. The lowest BCUT2D eigenvalue weighted by atomic mass is 9.89. The molecule has 0 heterocycles. The number of benzene rings is 3. The summed E-state index contributed by atoms with van der Waals surface area (Å²) in [5.74, 6) is 0.116. The van der Waals surface area contributed by atoms with Gasteiger partial charge in [0, 0.05) is 0 Å². The molecule has 0 unspecified atom stereocenters. The lowest BCUT2D eigenvalue weighted by molar-refractivity contribution is 0.475. The van der Waals surface area contributed by atoms with Crippen LogP contribution in [0.15, 0.2) is 54.6 Å². The van der Waals surface area contributed by atoms with Crippen LogP contribution >= 0.6 is 23.2 Å². The highest BCUT2D eigenvalue weighted by atomic mass is 35.5. The van der Waals surface area contributed by atoms with E-state index < -0.39 is 0 Å². The minimum Gasteiger partial charge on any atom is -0.506 e. The van der Waals surface area contributed by atoms with Gasteiger partial charge < -0.3 is 10.2 Å². The van der Waals surface area contributed by atoms with E-state index in [1.807, 2.05) is 24.3 Å². The quantitative estimate of drug-likeness (QED) is 0.576. The van der Waals surface area contributed by atoms with Gasteiger partial charge in [-0.15, -0.1) is 0 Å². The van der Waals surface area contributed by atoms with Crippen LogP contribution < -0.4 is 0 Å². The zero-order chi connectivity index (χ0) is 17.3. The molecular formula is C20H16Cl2O2. The van der Waals surface area contributed by atoms with E-state index in [0.717, 1.165) is 28.7 Å². The van der Waals surface area contributed by atoms with Crippen molar-refractivity contribution in [3.8, 4) is 33.8 Å². The van der Waals surface area contributed by atoms with Gasteiger partial charge in [0.15, 0.2) is 0 Å². The smallest absolute Gasteiger partial charge is 0.134 e. The lowest BCUT2D eigenvalue weighted by Gasteiger charge is -2.16. The van der Waals surface area contributed by atoms with Crippen LogP contribution in [0.1, 0.15) is 12.5 Å². The Hall–Kier alpha value is -2.16. The summed E-state index contributed by atoms with van der Waals surface area (Å²) in [5.41, 5.74) is 5.04. The maximum atomic E-state index is 9.69. The molecule has 122 valence electrons. The predicted octanol–water partition coefficient (Wildman–Crippen LogP) is 6.30. The molecule has 2 N–H and O–H groups in total. The van der Waals surface area contributed by atoms with Crippen molar-refractivity contribution in [1.29, 1.82) is 0 Å². The normalized spacial score (nSPS) is 10.8. The van der Waals surface area contributed by atoms with E-state index >= 15 is 0 Å². The van der Waals surface area contributed by atoms with Crippen molar-refractivity contribution in [3.05, 3.63) is 70.2 Å². The van der Waals surface area contributed by atoms with Crippen LogP contribution in [-0.2, 0) is 6.42 Å². The summed E-state index contributed by atoms with van der Waals surface area (Å²) < 4.78 is 0. The van der Waals surface area contributed by atoms with Crippen molar-refractivity contribution in [2.45, 2.75) is 13.3 Å². The molecule has 0 aliphatic rings. The monoisotopic (exact) mass is 358 g/mol. The molecule has 3 aromatic carbocycles. The van der Waals surface area contributed by atoms with Crippen molar-refractivity contribution < 1.29 is 10.2 Å². The molecule has 4 heteroatoms. The van der Waals surface area contributed by atoms with Gasteiger partial charge in [0.05, 0.1) is 10.0 Å². The molecule has 2 nitrogen and oxygen atoms in total. The largest absolute Gasteiger partial charge is 0.506 e. The second-order valence-corrected chi connectivity index (χ2v) is 6.34. The van der Waals surface area contributed by atoms with E-state index in [9.17, 15) is 10.2 Å². The fraction of sp³-hybridized carbons (Fsp3) is 0.100. The fourth-order valence-electron chi connectivity index (χ4n) is 2.81. The Kier molecular flexibility index (Phi) is 4.70. The number of rotatable bonds is 3. The topological polar surface area (TPSA) is 40.5 Å². The van der Waals surface area contributed by atoms with Crippen LogP contribution in [0.4, 0.5) is 0 Å². The Balaban J connectivity index is 2.27. The Morgan fingerprint density at radius 2 is 1.38 bits per heavy atom. The Bertz CT molecular complexity index is 904. The fourth-order valence-corrected chi connectivity index (χ4v) is 3.17. The summed E-state index contributed by atoms with van der Waals surface area (Å²) >= 11 is 12.2. The molecule has 0 aromatic heterocycles. The third kappa shape index (κ3) is 3.08. The molecule has 0 saturated heterocycles. The van der Waals surface area contributed by atoms with Gasteiger partial charge in [-0.2, -0.15) is 0 Å². The number of phenols is 2. The van der Waals surface area contributed by atoms with Gasteiger partial charge in [-0.1, -0.05) is 60.5 Å². The van der Waals surface area contributed by atoms with Crippen LogP contribution in [0.25, 0.3) is 22.3 Å². The predicted molar refractivity (Wildman–Crippen MR) is 100 cm³/mol. The summed E-state index contributed by atoms with van der Waals surface area (Å²) in [4.78, 5) is 0. The summed E-state index contributed by atoms with van der Waals surface area (Å²) in [6, 6.07) is 16.5. The highest BCUT2D eigenvalue weighted by molar-refractivity contribution is 6.32. The first-order chi connectivity index (χ1) is 11.5. The maximum absolute atomic E-state index is 9.69. The van der Waals surface area contributed by atoms with Gasteiger partial charge in [-0.05, 0) is 58.5 Å². The van der Waals surface area contributed by atoms with E-state index in [1.54, 1.807) is 24.3 Å². The van der Waals surface area contributed by atoms with Gasteiger partial charge in [0.25, 0.3) is 0 Å². The number of hydrogen-bond acceptors (Lipinski definition) is 2. The lowest BCUT2D eigenvalue weighted by Crippen LogP contribution is -1.92. The molecule has 0 bridgehead atoms. The van der Waals surface area contributed by atoms with Crippen molar-refractivity contribution in [2.24, 2.45) is 0 Å². The van der Waals surface area contributed by atoms with Crippen molar-refractivity contribution in [1.82, 2.24) is 0 Å². The number of aromatic hydroxyl groups is 2. The van der Waals surface area contributed by atoms with Crippen LogP contribution in [0.3, 0.4) is 0 Å². The van der Waals surface area contributed by atoms with Gasteiger partial charge in [-0.3, -0.25) is 0 Å². The molecule has 3 rings (SSSR count). The molecule has 0 atom stereocenters. The van der Waals surface area contributed by atoms with E-state index in [1.165, 1.54) is 5.56 Å². The first kappa shape index (κ1) is 16.7. The van der Waals surface area contributed by atoms with Crippen LogP contribution in [-0.4, -0.2) is 10.2 Å². The molecular weight excluding hydrogens is 343 g/mol. The van der Waals surface area contributed by atoms with Crippen LogP contribution in [0.5, 0.6) is 11.5 Å². The van der Waals surface area contributed by atoms with Crippen molar-refractivity contribution >= 4 is 23.2 Å². The first-order valence-corrected chi connectivity index (χ1v) is 8.36. The average Bonchev–Trinajstić information content (AvgIpc) is 2.59. The van der Waals surface area contributed by atoms with Crippen molar-refractivity contribution in [2.75, 3.05) is 0 Å². The van der Waals surface area contributed by atoms with Gasteiger partial charge in [0.2, 0.25) is 0 Å². The Labute approximate surface area is 150 Å². The standard InChI is InChI=1S/C20H16Cl2O2/c1-2-12-4-3-5-15(13-6-8-18(23)16(21)10-13)20(12)14-7-9-19(24)17(22)11-14/h3-11,23-24H,2H2,1H3. The molecule has 0 aliphatic heterocycles. The highest BCUT2D eigenvalue weighted by Crippen LogP contribution is 2.39. The minimum atomic E-state index is 0.0568. The molecule has 24 heavy (non-hydrogen) atoms.